The van der Waals surface area contributed by atoms with Crippen molar-refractivity contribution in [3.05, 3.63) is 70.9 Å². The van der Waals surface area contributed by atoms with Crippen molar-refractivity contribution in [3.63, 3.8) is 0 Å². The summed E-state index contributed by atoms with van der Waals surface area (Å²) in [5.74, 6) is -0.562. The second-order valence-electron chi connectivity index (χ2n) is 9.68. The second-order valence-corrected chi connectivity index (χ2v) is 11.7. The number of piperidine rings is 1. The summed E-state index contributed by atoms with van der Waals surface area (Å²) in [7, 11) is -4.02. The highest BCUT2D eigenvalue weighted by Gasteiger charge is 2.41. The van der Waals surface area contributed by atoms with Crippen molar-refractivity contribution < 1.29 is 36.3 Å². The van der Waals surface area contributed by atoms with Crippen LogP contribution in [0.2, 0.25) is 0 Å². The van der Waals surface area contributed by atoms with Crippen molar-refractivity contribution in [2.75, 3.05) is 30.8 Å². The first-order chi connectivity index (χ1) is 19.2. The quantitative estimate of drug-likeness (QED) is 0.565. The third-order valence-electron chi connectivity index (χ3n) is 6.87. The highest BCUT2D eigenvalue weighted by Crippen LogP contribution is 2.39. The van der Waals surface area contributed by atoms with E-state index in [4.69, 9.17) is 0 Å². The Bertz CT molecular complexity index is 1600. The number of alkyl halides is 3. The number of nitriles is 2. The molecule has 0 unspecified atom stereocenters. The van der Waals surface area contributed by atoms with Crippen LogP contribution >= 0.6 is 0 Å². The third-order valence-corrected chi connectivity index (χ3v) is 8.02. The molecule has 2 aromatic carbocycles. The number of aliphatic hydroxyl groups excluding tert-OH is 1. The largest absolute Gasteiger partial charge is 0.416 e. The van der Waals surface area contributed by atoms with Crippen LogP contribution in [-0.2, 0) is 20.8 Å². The molecule has 0 spiro atoms. The fourth-order valence-corrected chi connectivity index (χ4v) is 5.74. The first kappa shape index (κ1) is 29.6. The van der Waals surface area contributed by atoms with Crippen molar-refractivity contribution in [2.24, 2.45) is 0 Å². The minimum Gasteiger partial charge on any atom is -0.393 e. The second kappa shape index (κ2) is 11.2. The molecule has 1 saturated heterocycles. The molecule has 3 amide bonds. The molecule has 2 heterocycles. The fourth-order valence-electron chi connectivity index (χ4n) is 4.79. The molecule has 4 rings (SSSR count). The van der Waals surface area contributed by atoms with E-state index in [1.54, 1.807) is 0 Å². The van der Waals surface area contributed by atoms with Gasteiger partial charge in [-0.1, -0.05) is 12.1 Å². The van der Waals surface area contributed by atoms with Gasteiger partial charge in [0.1, 0.15) is 6.54 Å². The lowest BCUT2D eigenvalue weighted by atomic mass is 9.95. The smallest absolute Gasteiger partial charge is 0.393 e. The molecule has 1 N–H and O–H groups in total. The standard InChI is InChI=1S/C27H24F3N5O5S/c1-41(39,40)23-11-17(13-31)5-6-22(23)25-18(14-32)15-34(20-4-2-3-19(12-20)27(28,29)30)26(38)35(25)16-24(37)33-9-7-21(36)8-10-33/h2-6,11-12,15,21,25,36H,7-10,16H2,1H3/t25-/m0/s1. The number of aliphatic hydroxyl groups is 1. The summed E-state index contributed by atoms with van der Waals surface area (Å²) in [6, 6.07) is 8.88. The van der Waals surface area contributed by atoms with E-state index >= 15 is 0 Å². The van der Waals surface area contributed by atoms with E-state index in [9.17, 15) is 46.8 Å². The topological polar surface area (TPSA) is 146 Å². The number of anilines is 1. The van der Waals surface area contributed by atoms with Gasteiger partial charge in [-0.15, -0.1) is 0 Å². The molecule has 2 aromatic rings. The SMILES string of the molecule is CS(=O)(=O)c1cc(C#N)ccc1[C@@H]1C(C#N)=CN(c2cccc(C(F)(F)F)c2)C(=O)N1CC(=O)N1CCC(O)CC1. The number of hydrogen-bond donors (Lipinski definition) is 1. The average Bonchev–Trinajstić information content (AvgIpc) is 2.93. The van der Waals surface area contributed by atoms with Crippen molar-refractivity contribution in [1.82, 2.24) is 9.80 Å². The number of carbonyl (C=O) groups excluding carboxylic acids is 2. The van der Waals surface area contributed by atoms with Crippen molar-refractivity contribution in [3.8, 4) is 12.1 Å². The van der Waals surface area contributed by atoms with Gasteiger partial charge in [0.25, 0.3) is 0 Å². The summed E-state index contributed by atoms with van der Waals surface area (Å²) >= 11 is 0. The lowest BCUT2D eigenvalue weighted by Crippen LogP contribution is -2.52. The summed E-state index contributed by atoms with van der Waals surface area (Å²) in [6.07, 6.45) is -2.81. The molecular weight excluding hydrogens is 563 g/mol. The number of carbonyl (C=O) groups is 2. The van der Waals surface area contributed by atoms with Crippen LogP contribution in [0.3, 0.4) is 0 Å². The van der Waals surface area contributed by atoms with E-state index in [2.05, 4.69) is 0 Å². The van der Waals surface area contributed by atoms with Crippen LogP contribution in [0.1, 0.15) is 35.6 Å². The van der Waals surface area contributed by atoms with Gasteiger partial charge in [-0.25, -0.2) is 13.2 Å². The Morgan fingerprint density at radius 1 is 1.10 bits per heavy atom. The van der Waals surface area contributed by atoms with Crippen LogP contribution in [0.4, 0.5) is 23.7 Å². The van der Waals surface area contributed by atoms with Crippen molar-refractivity contribution in [2.45, 2.75) is 36.1 Å². The Morgan fingerprint density at radius 3 is 2.37 bits per heavy atom. The van der Waals surface area contributed by atoms with E-state index < -0.39 is 52.2 Å². The number of sulfone groups is 1. The fraction of sp³-hybridized carbons (Fsp3) is 0.333. The molecule has 0 radical (unpaired) electrons. The van der Waals surface area contributed by atoms with Gasteiger partial charge in [0.2, 0.25) is 5.91 Å². The maximum atomic E-state index is 13.9. The summed E-state index contributed by atoms with van der Waals surface area (Å²) in [5, 5.41) is 29.2. The van der Waals surface area contributed by atoms with E-state index in [-0.39, 0.29) is 40.4 Å². The zero-order chi connectivity index (χ0) is 30.1. The summed E-state index contributed by atoms with van der Waals surface area (Å²) < 4.78 is 65.8. The molecule has 0 saturated carbocycles. The Labute approximate surface area is 234 Å². The predicted molar refractivity (Wildman–Crippen MR) is 139 cm³/mol. The van der Waals surface area contributed by atoms with Gasteiger partial charge in [0, 0.05) is 25.5 Å². The summed E-state index contributed by atoms with van der Waals surface area (Å²) in [4.78, 5) is 30.0. The number of likely N-dealkylation sites (tertiary alicyclic amines) is 1. The zero-order valence-electron chi connectivity index (χ0n) is 21.7. The molecule has 10 nitrogen and oxygen atoms in total. The van der Waals surface area contributed by atoms with Gasteiger partial charge in [-0.3, -0.25) is 9.69 Å². The molecule has 14 heteroatoms. The number of amides is 3. The highest BCUT2D eigenvalue weighted by atomic mass is 32.2. The van der Waals surface area contributed by atoms with Crippen LogP contribution in [0.15, 0.2) is 59.1 Å². The molecule has 214 valence electrons. The molecule has 41 heavy (non-hydrogen) atoms. The minimum atomic E-state index is -4.72. The van der Waals surface area contributed by atoms with Gasteiger partial charge in [-0.05, 0) is 48.7 Å². The van der Waals surface area contributed by atoms with Crippen LogP contribution in [-0.4, -0.2) is 67.3 Å². The maximum absolute atomic E-state index is 13.9. The number of rotatable bonds is 5. The van der Waals surface area contributed by atoms with Gasteiger partial charge in [0.15, 0.2) is 9.84 Å². The molecule has 2 aliphatic rings. The number of nitrogens with zero attached hydrogens (tertiary/aromatic N) is 5. The van der Waals surface area contributed by atoms with E-state index in [0.29, 0.717) is 12.8 Å². The van der Waals surface area contributed by atoms with Crippen LogP contribution in [0, 0.1) is 22.7 Å². The minimum absolute atomic E-state index is 0.00103. The van der Waals surface area contributed by atoms with Crippen molar-refractivity contribution >= 4 is 27.5 Å². The maximum Gasteiger partial charge on any atom is 0.416 e. The monoisotopic (exact) mass is 587 g/mol. The summed E-state index contributed by atoms with van der Waals surface area (Å²) in [6.45, 7) is -0.260. The van der Waals surface area contributed by atoms with Gasteiger partial charge < -0.3 is 14.9 Å². The third kappa shape index (κ3) is 6.19. The Kier molecular flexibility index (Phi) is 8.10. The molecule has 2 aliphatic heterocycles. The lowest BCUT2D eigenvalue weighted by Gasteiger charge is -2.40. The van der Waals surface area contributed by atoms with Crippen LogP contribution in [0.5, 0.6) is 0 Å². The van der Waals surface area contributed by atoms with E-state index in [0.717, 1.165) is 46.5 Å². The molecule has 0 aromatic heterocycles. The molecule has 1 fully saturated rings. The number of benzene rings is 2. The molecular formula is C27H24F3N5O5S. The van der Waals surface area contributed by atoms with Crippen LogP contribution < -0.4 is 4.90 Å². The van der Waals surface area contributed by atoms with Gasteiger partial charge >= 0.3 is 12.2 Å². The normalized spacial score (nSPS) is 18.5. The number of halogens is 3. The number of hydrogen-bond acceptors (Lipinski definition) is 7. The summed E-state index contributed by atoms with van der Waals surface area (Å²) in [5.41, 5.74) is -1.55. The first-order valence-corrected chi connectivity index (χ1v) is 14.2. The highest BCUT2D eigenvalue weighted by molar-refractivity contribution is 7.90. The Morgan fingerprint density at radius 2 is 1.78 bits per heavy atom. The Hall–Kier alpha value is -4.40. The van der Waals surface area contributed by atoms with E-state index in [1.807, 2.05) is 12.1 Å². The van der Waals surface area contributed by atoms with Crippen LogP contribution in [0.25, 0.3) is 0 Å². The zero-order valence-corrected chi connectivity index (χ0v) is 22.5. The molecule has 1 atom stereocenters. The number of urea groups is 1. The molecule has 0 bridgehead atoms. The van der Waals surface area contributed by atoms with E-state index in [1.165, 1.54) is 23.1 Å². The lowest BCUT2D eigenvalue weighted by molar-refractivity contribution is -0.137. The predicted octanol–water partition coefficient (Wildman–Crippen LogP) is 3.35. The molecule has 0 aliphatic carbocycles. The van der Waals surface area contributed by atoms with Crippen molar-refractivity contribution in [1.29, 1.82) is 10.5 Å². The Balaban J connectivity index is 1.88. The average molecular weight is 588 g/mol. The van der Waals surface area contributed by atoms with Gasteiger partial charge in [0.05, 0.1) is 51.6 Å². The first-order valence-electron chi connectivity index (χ1n) is 12.3. The van der Waals surface area contributed by atoms with Gasteiger partial charge in [-0.2, -0.15) is 23.7 Å².